The highest BCUT2D eigenvalue weighted by Gasteiger charge is 2.10. The molecular formula is C14H21ClN4. The van der Waals surface area contributed by atoms with Crippen LogP contribution in [0.15, 0.2) is 12.1 Å². The lowest BCUT2D eigenvalue weighted by Crippen LogP contribution is -2.14. The Morgan fingerprint density at radius 3 is 2.68 bits per heavy atom. The first-order chi connectivity index (χ1) is 9.11. The topological polar surface area (TPSA) is 34.0 Å². The second-order valence-electron chi connectivity index (χ2n) is 5.12. The van der Waals surface area contributed by atoms with Crippen molar-refractivity contribution in [2.75, 3.05) is 20.6 Å². The summed E-state index contributed by atoms with van der Waals surface area (Å²) in [4.78, 5) is 11.3. The number of aromatic nitrogens is 3. The van der Waals surface area contributed by atoms with Crippen LogP contribution in [0.3, 0.4) is 0 Å². The maximum atomic E-state index is 5.99. The van der Waals surface area contributed by atoms with Crippen molar-refractivity contribution in [2.24, 2.45) is 0 Å². The molecule has 0 amide bonds. The Hall–Kier alpha value is -1.13. The van der Waals surface area contributed by atoms with Crippen LogP contribution < -0.4 is 0 Å². The normalized spacial score (nSPS) is 11.6. The maximum absolute atomic E-state index is 5.99. The van der Waals surface area contributed by atoms with E-state index in [0.717, 1.165) is 42.2 Å². The standard InChI is InChI=1S/C14H21ClN4/c1-11-6-7-12-14(16-11)19(13(10-15)17-12)9-5-4-8-18(2)3/h6-7H,4-5,8-10H2,1-3H3. The molecule has 0 radical (unpaired) electrons. The van der Waals surface area contributed by atoms with E-state index in [2.05, 4.69) is 33.5 Å². The van der Waals surface area contributed by atoms with Gasteiger partial charge in [-0.15, -0.1) is 11.6 Å². The van der Waals surface area contributed by atoms with Crippen molar-refractivity contribution in [1.29, 1.82) is 0 Å². The summed E-state index contributed by atoms with van der Waals surface area (Å²) in [5.74, 6) is 1.35. The molecular weight excluding hydrogens is 260 g/mol. The SMILES string of the molecule is Cc1ccc2nc(CCl)n(CCCCN(C)C)c2n1. The van der Waals surface area contributed by atoms with Crippen molar-refractivity contribution in [3.63, 3.8) is 0 Å². The van der Waals surface area contributed by atoms with Gasteiger partial charge in [0.15, 0.2) is 5.65 Å². The van der Waals surface area contributed by atoms with Crippen molar-refractivity contribution in [1.82, 2.24) is 19.4 Å². The molecule has 19 heavy (non-hydrogen) atoms. The highest BCUT2D eigenvalue weighted by molar-refractivity contribution is 6.16. The third-order valence-corrected chi connectivity index (χ3v) is 3.41. The molecule has 0 spiro atoms. The molecule has 2 aromatic rings. The third kappa shape index (κ3) is 3.45. The zero-order chi connectivity index (χ0) is 13.8. The fourth-order valence-electron chi connectivity index (χ4n) is 2.18. The van der Waals surface area contributed by atoms with E-state index < -0.39 is 0 Å². The minimum Gasteiger partial charge on any atom is -0.312 e. The first kappa shape index (κ1) is 14.3. The van der Waals surface area contributed by atoms with E-state index in [4.69, 9.17) is 11.6 Å². The number of fused-ring (bicyclic) bond motifs is 1. The molecule has 0 saturated carbocycles. The van der Waals surface area contributed by atoms with Crippen molar-refractivity contribution >= 4 is 22.8 Å². The van der Waals surface area contributed by atoms with Gasteiger partial charge in [-0.2, -0.15) is 0 Å². The lowest BCUT2D eigenvalue weighted by atomic mass is 10.3. The average molecular weight is 281 g/mol. The van der Waals surface area contributed by atoms with Gasteiger partial charge in [-0.25, -0.2) is 9.97 Å². The molecule has 0 aliphatic carbocycles. The molecule has 104 valence electrons. The summed E-state index contributed by atoms with van der Waals surface area (Å²) in [5, 5.41) is 0. The van der Waals surface area contributed by atoms with Crippen LogP contribution in [0.2, 0.25) is 0 Å². The molecule has 2 heterocycles. The van der Waals surface area contributed by atoms with Gasteiger partial charge in [0.1, 0.15) is 11.3 Å². The fourth-order valence-corrected chi connectivity index (χ4v) is 2.38. The summed E-state index contributed by atoms with van der Waals surface area (Å²) in [6, 6.07) is 4.01. The van der Waals surface area contributed by atoms with Gasteiger partial charge in [0.2, 0.25) is 0 Å². The minimum atomic E-state index is 0.434. The van der Waals surface area contributed by atoms with Gasteiger partial charge in [0.25, 0.3) is 0 Å². The number of imidazole rings is 1. The molecule has 5 heteroatoms. The van der Waals surface area contributed by atoms with E-state index in [1.54, 1.807) is 0 Å². The Kier molecular flexibility index (Phi) is 4.77. The number of aryl methyl sites for hydroxylation is 2. The molecule has 0 aliphatic rings. The Morgan fingerprint density at radius 1 is 1.21 bits per heavy atom. The molecule has 0 fully saturated rings. The summed E-state index contributed by atoms with van der Waals surface area (Å²) in [6.45, 7) is 4.04. The van der Waals surface area contributed by atoms with Crippen LogP contribution in [0.5, 0.6) is 0 Å². The molecule has 2 aromatic heterocycles. The Bertz CT molecular complexity index is 548. The quantitative estimate of drug-likeness (QED) is 0.603. The van der Waals surface area contributed by atoms with E-state index >= 15 is 0 Å². The highest BCUT2D eigenvalue weighted by atomic mass is 35.5. The summed E-state index contributed by atoms with van der Waals surface area (Å²) in [7, 11) is 4.20. The summed E-state index contributed by atoms with van der Waals surface area (Å²) < 4.78 is 2.16. The van der Waals surface area contributed by atoms with E-state index in [1.165, 1.54) is 6.42 Å². The monoisotopic (exact) mass is 280 g/mol. The highest BCUT2D eigenvalue weighted by Crippen LogP contribution is 2.17. The molecule has 0 N–H and O–H groups in total. The summed E-state index contributed by atoms with van der Waals surface area (Å²) in [5.41, 5.74) is 2.91. The average Bonchev–Trinajstić information content (AvgIpc) is 2.72. The van der Waals surface area contributed by atoms with Crippen molar-refractivity contribution in [2.45, 2.75) is 32.2 Å². The number of halogens is 1. The van der Waals surface area contributed by atoms with Crippen LogP contribution in [-0.2, 0) is 12.4 Å². The van der Waals surface area contributed by atoms with E-state index in [-0.39, 0.29) is 0 Å². The van der Waals surface area contributed by atoms with Gasteiger partial charge in [0.05, 0.1) is 5.88 Å². The molecule has 4 nitrogen and oxygen atoms in total. The largest absolute Gasteiger partial charge is 0.312 e. The van der Waals surface area contributed by atoms with Gasteiger partial charge >= 0.3 is 0 Å². The molecule has 0 bridgehead atoms. The van der Waals surface area contributed by atoms with Crippen LogP contribution >= 0.6 is 11.6 Å². The van der Waals surface area contributed by atoms with Gasteiger partial charge in [0, 0.05) is 12.2 Å². The van der Waals surface area contributed by atoms with E-state index in [0.29, 0.717) is 5.88 Å². The maximum Gasteiger partial charge on any atom is 0.160 e. The van der Waals surface area contributed by atoms with Crippen LogP contribution in [0.25, 0.3) is 11.2 Å². The number of hydrogen-bond acceptors (Lipinski definition) is 3. The number of unbranched alkanes of at least 4 members (excludes halogenated alkanes) is 1. The van der Waals surface area contributed by atoms with E-state index in [9.17, 15) is 0 Å². The summed E-state index contributed by atoms with van der Waals surface area (Å²) >= 11 is 5.99. The number of rotatable bonds is 6. The van der Waals surface area contributed by atoms with E-state index in [1.807, 2.05) is 19.1 Å². The second-order valence-corrected chi connectivity index (χ2v) is 5.39. The molecule has 2 rings (SSSR count). The van der Waals surface area contributed by atoms with Gasteiger partial charge in [-0.05, 0) is 52.5 Å². The van der Waals surface area contributed by atoms with Crippen molar-refractivity contribution in [3.05, 3.63) is 23.7 Å². The third-order valence-electron chi connectivity index (χ3n) is 3.17. The predicted molar refractivity (Wildman–Crippen MR) is 79.6 cm³/mol. The fraction of sp³-hybridized carbons (Fsp3) is 0.571. The second kappa shape index (κ2) is 6.35. The zero-order valence-corrected chi connectivity index (χ0v) is 12.6. The molecule has 0 unspecified atom stereocenters. The molecule has 0 aliphatic heterocycles. The Labute approximate surface area is 119 Å². The Morgan fingerprint density at radius 2 is 2.00 bits per heavy atom. The molecule has 0 saturated heterocycles. The van der Waals surface area contributed by atoms with Crippen molar-refractivity contribution in [3.8, 4) is 0 Å². The predicted octanol–water partition coefficient (Wildman–Crippen LogP) is 2.82. The molecule has 0 aromatic carbocycles. The minimum absolute atomic E-state index is 0.434. The molecule has 0 atom stereocenters. The number of hydrogen-bond donors (Lipinski definition) is 0. The Balaban J connectivity index is 2.17. The lowest BCUT2D eigenvalue weighted by Gasteiger charge is -2.10. The summed E-state index contributed by atoms with van der Waals surface area (Å²) in [6.07, 6.45) is 2.28. The smallest absolute Gasteiger partial charge is 0.160 e. The van der Waals surface area contributed by atoms with Crippen LogP contribution in [0.1, 0.15) is 24.4 Å². The van der Waals surface area contributed by atoms with Crippen molar-refractivity contribution < 1.29 is 0 Å². The first-order valence-electron chi connectivity index (χ1n) is 6.65. The lowest BCUT2D eigenvalue weighted by molar-refractivity contribution is 0.387. The van der Waals surface area contributed by atoms with Crippen LogP contribution in [0, 0.1) is 6.92 Å². The first-order valence-corrected chi connectivity index (χ1v) is 7.18. The van der Waals surface area contributed by atoms with Crippen LogP contribution in [0.4, 0.5) is 0 Å². The van der Waals surface area contributed by atoms with Gasteiger partial charge < -0.3 is 9.47 Å². The zero-order valence-electron chi connectivity index (χ0n) is 11.9. The van der Waals surface area contributed by atoms with Crippen LogP contribution in [-0.4, -0.2) is 40.1 Å². The number of alkyl halides is 1. The van der Waals surface area contributed by atoms with Gasteiger partial charge in [-0.1, -0.05) is 0 Å². The van der Waals surface area contributed by atoms with Gasteiger partial charge in [-0.3, -0.25) is 0 Å². The number of nitrogens with zero attached hydrogens (tertiary/aromatic N) is 4. The number of pyridine rings is 1.